The van der Waals surface area contributed by atoms with E-state index in [4.69, 9.17) is 0 Å². The molecule has 0 amide bonds. The van der Waals surface area contributed by atoms with Gasteiger partial charge in [-0.25, -0.2) is 0 Å². The molecule has 9 heavy (non-hydrogen) atoms. The molecule has 0 fully saturated rings. The van der Waals surface area contributed by atoms with Crippen LogP contribution in [0.5, 0.6) is 0 Å². The summed E-state index contributed by atoms with van der Waals surface area (Å²) in [5.41, 5.74) is 1.01. The van der Waals surface area contributed by atoms with Crippen LogP contribution < -0.4 is 0 Å². The zero-order valence-electron chi connectivity index (χ0n) is 5.89. The van der Waals surface area contributed by atoms with Crippen LogP contribution in [0.2, 0.25) is 0 Å². The van der Waals surface area contributed by atoms with Crippen LogP contribution in [0.25, 0.3) is 0 Å². The van der Waals surface area contributed by atoms with Gasteiger partial charge in [-0.3, -0.25) is 0 Å². The van der Waals surface area contributed by atoms with Gasteiger partial charge in [-0.1, -0.05) is 19.1 Å². The molecule has 0 aliphatic heterocycles. The van der Waals surface area contributed by atoms with Crippen molar-refractivity contribution in [2.75, 3.05) is 0 Å². The Morgan fingerprint density at radius 3 is 2.78 bits per heavy atom. The molecule has 1 nitrogen and oxygen atoms in total. The Morgan fingerprint density at radius 1 is 1.67 bits per heavy atom. The van der Waals surface area contributed by atoms with Crippen LogP contribution in [0.3, 0.4) is 0 Å². The number of aliphatic hydroxyl groups excluding tert-OH is 1. The molecule has 0 radical (unpaired) electrons. The number of rotatable bonds is 0. The van der Waals surface area contributed by atoms with Crippen molar-refractivity contribution in [2.45, 2.75) is 20.3 Å². The molecule has 1 N–H and O–H groups in total. The summed E-state index contributed by atoms with van der Waals surface area (Å²) in [5, 5.41) is 9.27. The predicted octanol–water partition coefficient (Wildman–Crippen LogP) is 2.41. The Labute approximate surface area is 55.7 Å². The van der Waals surface area contributed by atoms with E-state index in [1.165, 1.54) is 0 Å². The first-order valence-corrected chi connectivity index (χ1v) is 3.28. The Hall–Kier alpha value is -0.720. The van der Waals surface area contributed by atoms with Crippen molar-refractivity contribution < 1.29 is 5.11 Å². The highest BCUT2D eigenvalue weighted by Gasteiger charge is 2.10. The molecule has 0 heterocycles. The molecule has 0 bridgehead atoms. The van der Waals surface area contributed by atoms with Gasteiger partial charge in [0, 0.05) is 5.92 Å². The van der Waals surface area contributed by atoms with Gasteiger partial charge in [0.1, 0.15) is 0 Å². The van der Waals surface area contributed by atoms with Crippen LogP contribution in [0, 0.1) is 5.92 Å². The van der Waals surface area contributed by atoms with Crippen molar-refractivity contribution in [1.82, 2.24) is 0 Å². The fraction of sp³-hybridized carbons (Fsp3) is 0.500. The Balaban J connectivity index is 2.83. The minimum absolute atomic E-state index is 0.329. The fourth-order valence-electron chi connectivity index (χ4n) is 1.03. The van der Waals surface area contributed by atoms with E-state index in [0.29, 0.717) is 11.7 Å². The van der Waals surface area contributed by atoms with E-state index in [2.05, 4.69) is 6.08 Å². The van der Waals surface area contributed by atoms with E-state index >= 15 is 0 Å². The maximum atomic E-state index is 9.27. The second kappa shape index (κ2) is 2.26. The lowest BCUT2D eigenvalue weighted by molar-refractivity contribution is 0.333. The highest BCUT2D eigenvalue weighted by molar-refractivity contribution is 5.24. The van der Waals surface area contributed by atoms with Crippen LogP contribution in [-0.4, -0.2) is 5.11 Å². The van der Waals surface area contributed by atoms with E-state index in [-0.39, 0.29) is 0 Å². The van der Waals surface area contributed by atoms with Crippen molar-refractivity contribution in [3.8, 4) is 0 Å². The molecule has 0 aromatic carbocycles. The first-order chi connectivity index (χ1) is 4.22. The molecule has 1 heteroatoms. The summed E-state index contributed by atoms with van der Waals surface area (Å²) in [6.45, 7) is 3.96. The molecule has 1 rings (SSSR count). The molecular weight excluding hydrogens is 112 g/mol. The van der Waals surface area contributed by atoms with E-state index in [0.717, 1.165) is 12.0 Å². The molecule has 1 atom stereocenters. The number of hydrogen-bond donors (Lipinski definition) is 1. The van der Waals surface area contributed by atoms with Gasteiger partial charge in [-0.15, -0.1) is 0 Å². The lowest BCUT2D eigenvalue weighted by Crippen LogP contribution is -2.02. The third-order valence-corrected chi connectivity index (χ3v) is 1.73. The lowest BCUT2D eigenvalue weighted by Gasteiger charge is -2.13. The topological polar surface area (TPSA) is 20.2 Å². The first kappa shape index (κ1) is 6.40. The second-order valence-corrected chi connectivity index (χ2v) is 2.61. The van der Waals surface area contributed by atoms with Crippen molar-refractivity contribution in [1.29, 1.82) is 0 Å². The molecule has 1 unspecified atom stereocenters. The summed E-state index contributed by atoms with van der Waals surface area (Å²) in [6, 6.07) is 0. The van der Waals surface area contributed by atoms with Gasteiger partial charge < -0.3 is 5.11 Å². The molecule has 0 aromatic heterocycles. The van der Waals surface area contributed by atoms with Crippen LogP contribution in [-0.2, 0) is 0 Å². The molecule has 1 aliphatic carbocycles. The van der Waals surface area contributed by atoms with Crippen molar-refractivity contribution in [3.05, 3.63) is 23.5 Å². The monoisotopic (exact) mass is 124 g/mol. The lowest BCUT2D eigenvalue weighted by atomic mass is 9.97. The minimum Gasteiger partial charge on any atom is -0.512 e. The average molecular weight is 124 g/mol. The highest BCUT2D eigenvalue weighted by atomic mass is 16.3. The molecule has 1 aliphatic rings. The van der Waals surface area contributed by atoms with Gasteiger partial charge in [-0.2, -0.15) is 0 Å². The van der Waals surface area contributed by atoms with Gasteiger partial charge in [0.25, 0.3) is 0 Å². The third kappa shape index (κ3) is 1.15. The predicted molar refractivity (Wildman–Crippen MR) is 38.2 cm³/mol. The number of aliphatic hydroxyl groups is 1. The van der Waals surface area contributed by atoms with E-state index in [1.54, 1.807) is 0 Å². The van der Waals surface area contributed by atoms with Gasteiger partial charge >= 0.3 is 0 Å². The highest BCUT2D eigenvalue weighted by Crippen LogP contribution is 2.21. The van der Waals surface area contributed by atoms with E-state index in [1.807, 2.05) is 19.9 Å². The SMILES string of the molecule is CC1=C(O)C(C)CC=C1. The molecule has 50 valence electrons. The summed E-state index contributed by atoms with van der Waals surface area (Å²) in [7, 11) is 0. The Kier molecular flexibility index (Phi) is 1.60. The molecular formula is C8H12O. The Bertz CT molecular complexity index is 165. The summed E-state index contributed by atoms with van der Waals surface area (Å²) >= 11 is 0. The summed E-state index contributed by atoms with van der Waals surface area (Å²) < 4.78 is 0. The van der Waals surface area contributed by atoms with E-state index in [9.17, 15) is 5.11 Å². The summed E-state index contributed by atoms with van der Waals surface area (Å²) in [5.74, 6) is 0.882. The van der Waals surface area contributed by atoms with Crippen LogP contribution in [0.1, 0.15) is 20.3 Å². The van der Waals surface area contributed by atoms with Gasteiger partial charge in [0.15, 0.2) is 0 Å². The zero-order chi connectivity index (χ0) is 6.85. The van der Waals surface area contributed by atoms with Crippen molar-refractivity contribution in [3.63, 3.8) is 0 Å². The number of hydrogen-bond acceptors (Lipinski definition) is 1. The zero-order valence-corrected chi connectivity index (χ0v) is 5.89. The van der Waals surface area contributed by atoms with Crippen molar-refractivity contribution in [2.24, 2.45) is 5.92 Å². The van der Waals surface area contributed by atoms with Crippen molar-refractivity contribution >= 4 is 0 Å². The molecule has 0 saturated carbocycles. The van der Waals surface area contributed by atoms with Crippen LogP contribution in [0.4, 0.5) is 0 Å². The van der Waals surface area contributed by atoms with E-state index < -0.39 is 0 Å². The summed E-state index contributed by atoms with van der Waals surface area (Å²) in [4.78, 5) is 0. The normalized spacial score (nSPS) is 27.1. The molecule has 0 saturated heterocycles. The minimum atomic E-state index is 0.329. The summed E-state index contributed by atoms with van der Waals surface area (Å²) in [6.07, 6.45) is 5.04. The van der Waals surface area contributed by atoms with Gasteiger partial charge in [-0.05, 0) is 18.9 Å². The molecule has 0 aromatic rings. The molecule has 0 spiro atoms. The van der Waals surface area contributed by atoms with Gasteiger partial charge in [0.2, 0.25) is 0 Å². The maximum absolute atomic E-state index is 9.27. The third-order valence-electron chi connectivity index (χ3n) is 1.73. The standard InChI is InChI=1S/C8H12O/c1-6-4-3-5-7(2)8(6)9/h3-4,7,9H,5H2,1-2H3. The smallest absolute Gasteiger partial charge is 0.0982 e. The second-order valence-electron chi connectivity index (χ2n) is 2.61. The fourth-order valence-corrected chi connectivity index (χ4v) is 1.03. The average Bonchev–Trinajstić information content (AvgIpc) is 1.83. The first-order valence-electron chi connectivity index (χ1n) is 3.28. The quantitative estimate of drug-likeness (QED) is 0.525. The number of allylic oxidation sites excluding steroid dienone is 4. The van der Waals surface area contributed by atoms with Gasteiger partial charge in [0.05, 0.1) is 5.76 Å². The van der Waals surface area contributed by atoms with Crippen LogP contribution >= 0.6 is 0 Å². The maximum Gasteiger partial charge on any atom is 0.0982 e. The van der Waals surface area contributed by atoms with Crippen LogP contribution in [0.15, 0.2) is 23.5 Å². The largest absolute Gasteiger partial charge is 0.512 e. The Morgan fingerprint density at radius 2 is 2.33 bits per heavy atom.